The van der Waals surface area contributed by atoms with E-state index in [1.54, 1.807) is 0 Å². The molecule has 0 radical (unpaired) electrons. The van der Waals surface area contributed by atoms with Gasteiger partial charge >= 0.3 is 0 Å². The molecule has 0 unspecified atom stereocenters. The molecule has 2 aromatic rings. The number of para-hydroxylation sites is 1. The van der Waals surface area contributed by atoms with Gasteiger partial charge in [-0.25, -0.2) is 17.8 Å². The third-order valence-corrected chi connectivity index (χ3v) is 5.51. The summed E-state index contributed by atoms with van der Waals surface area (Å²) >= 11 is 9.43. The van der Waals surface area contributed by atoms with Crippen LogP contribution < -0.4 is 4.72 Å². The van der Waals surface area contributed by atoms with Crippen LogP contribution in [0.25, 0.3) is 0 Å². The van der Waals surface area contributed by atoms with Gasteiger partial charge in [0.05, 0.1) is 11.9 Å². The molecule has 0 saturated heterocycles. The lowest BCUT2D eigenvalue weighted by Gasteiger charge is -2.08. The lowest BCUT2D eigenvalue weighted by Crippen LogP contribution is -2.13. The highest BCUT2D eigenvalue weighted by atomic mass is 79.9. The van der Waals surface area contributed by atoms with Crippen molar-refractivity contribution in [3.8, 4) is 0 Å². The molecule has 96 valence electrons. The Balaban J connectivity index is 2.40. The molecule has 9 heteroatoms. The van der Waals surface area contributed by atoms with Gasteiger partial charge in [-0.05, 0) is 28.1 Å². The standard InChI is InChI=1S/C9H5BrClFN2O2S2/c10-5-2-1-3-6(12)8(5)14-18(15,16)7-4-13-9(11)17-7/h1-4,14H. The molecule has 18 heavy (non-hydrogen) atoms. The monoisotopic (exact) mass is 370 g/mol. The van der Waals surface area contributed by atoms with Crippen molar-refractivity contribution in [1.29, 1.82) is 0 Å². The molecule has 0 fully saturated rings. The van der Waals surface area contributed by atoms with E-state index in [0.29, 0.717) is 4.47 Å². The largest absolute Gasteiger partial charge is 0.275 e. The SMILES string of the molecule is O=S(=O)(Nc1c(F)cccc1Br)c1cnc(Cl)s1. The van der Waals surface area contributed by atoms with Gasteiger partial charge in [0.25, 0.3) is 10.0 Å². The van der Waals surface area contributed by atoms with Crippen molar-refractivity contribution in [2.45, 2.75) is 4.21 Å². The Hall–Kier alpha value is -0.700. The number of aromatic nitrogens is 1. The molecule has 0 saturated carbocycles. The summed E-state index contributed by atoms with van der Waals surface area (Å²) in [6.45, 7) is 0. The van der Waals surface area contributed by atoms with Crippen LogP contribution in [0.5, 0.6) is 0 Å². The van der Waals surface area contributed by atoms with Crippen LogP contribution in [-0.4, -0.2) is 13.4 Å². The first-order valence-electron chi connectivity index (χ1n) is 4.48. The molecule has 2 rings (SSSR count). The summed E-state index contributed by atoms with van der Waals surface area (Å²) in [5.41, 5.74) is -0.151. The smallest absolute Gasteiger partial charge is 0.273 e. The Morgan fingerprint density at radius 2 is 2.17 bits per heavy atom. The molecule has 0 spiro atoms. The highest BCUT2D eigenvalue weighted by Gasteiger charge is 2.20. The molecular weight excluding hydrogens is 367 g/mol. The minimum absolute atomic E-state index is 0.0809. The number of halogens is 3. The van der Waals surface area contributed by atoms with E-state index in [4.69, 9.17) is 11.6 Å². The van der Waals surface area contributed by atoms with Crippen LogP contribution in [0.1, 0.15) is 0 Å². The number of sulfonamides is 1. The van der Waals surface area contributed by atoms with E-state index in [0.717, 1.165) is 23.6 Å². The van der Waals surface area contributed by atoms with Crippen molar-refractivity contribution in [1.82, 2.24) is 4.98 Å². The second-order valence-corrected chi connectivity index (χ2v) is 7.51. The van der Waals surface area contributed by atoms with E-state index in [-0.39, 0.29) is 14.4 Å². The molecule has 1 aromatic heterocycles. The molecule has 0 aliphatic heterocycles. The number of rotatable bonds is 3. The molecule has 0 amide bonds. The first kappa shape index (κ1) is 13.7. The fraction of sp³-hybridized carbons (Fsp3) is 0. The van der Waals surface area contributed by atoms with Crippen LogP contribution in [0.15, 0.2) is 33.1 Å². The average molecular weight is 372 g/mol. The van der Waals surface area contributed by atoms with Crippen LogP contribution in [0.2, 0.25) is 4.47 Å². The van der Waals surface area contributed by atoms with E-state index in [9.17, 15) is 12.8 Å². The van der Waals surface area contributed by atoms with E-state index in [1.807, 2.05) is 0 Å². The van der Waals surface area contributed by atoms with Gasteiger partial charge in [-0.1, -0.05) is 29.0 Å². The highest BCUT2D eigenvalue weighted by Crippen LogP contribution is 2.29. The van der Waals surface area contributed by atoms with Crippen molar-refractivity contribution in [2.75, 3.05) is 4.72 Å². The molecule has 0 aliphatic rings. The molecule has 1 heterocycles. The van der Waals surface area contributed by atoms with Crippen LogP contribution in [0.3, 0.4) is 0 Å². The quantitative estimate of drug-likeness (QED) is 0.898. The maximum absolute atomic E-state index is 13.5. The average Bonchev–Trinajstić information content (AvgIpc) is 2.71. The van der Waals surface area contributed by atoms with Crippen LogP contribution in [-0.2, 0) is 10.0 Å². The van der Waals surface area contributed by atoms with E-state index in [1.165, 1.54) is 12.1 Å². The number of benzene rings is 1. The van der Waals surface area contributed by atoms with E-state index < -0.39 is 15.8 Å². The Morgan fingerprint density at radius 3 is 2.72 bits per heavy atom. The van der Waals surface area contributed by atoms with Crippen molar-refractivity contribution >= 4 is 54.6 Å². The second-order valence-electron chi connectivity index (χ2n) is 3.13. The molecule has 0 bridgehead atoms. The van der Waals surface area contributed by atoms with Crippen molar-refractivity contribution < 1.29 is 12.8 Å². The zero-order valence-electron chi connectivity index (χ0n) is 8.52. The number of anilines is 1. The maximum atomic E-state index is 13.5. The van der Waals surface area contributed by atoms with Gasteiger partial charge in [0.15, 0.2) is 8.68 Å². The number of nitrogens with zero attached hydrogens (tertiary/aromatic N) is 1. The predicted molar refractivity (Wildman–Crippen MR) is 72.0 cm³/mol. The summed E-state index contributed by atoms with van der Waals surface area (Å²) < 4.78 is 39.8. The number of thiazole rings is 1. The summed E-state index contributed by atoms with van der Waals surface area (Å²) in [6.07, 6.45) is 1.12. The van der Waals surface area contributed by atoms with Crippen molar-refractivity contribution in [3.05, 3.63) is 39.2 Å². The van der Waals surface area contributed by atoms with E-state index in [2.05, 4.69) is 25.6 Å². The minimum Gasteiger partial charge on any atom is -0.275 e. The lowest BCUT2D eigenvalue weighted by atomic mass is 10.3. The van der Waals surface area contributed by atoms with Gasteiger partial charge in [-0.2, -0.15) is 0 Å². The third kappa shape index (κ3) is 2.82. The summed E-state index contributed by atoms with van der Waals surface area (Å²) in [7, 11) is -3.89. The van der Waals surface area contributed by atoms with Crippen LogP contribution >= 0.6 is 38.9 Å². The first-order valence-corrected chi connectivity index (χ1v) is 7.95. The fourth-order valence-corrected chi connectivity index (χ4v) is 4.10. The topological polar surface area (TPSA) is 59.1 Å². The Morgan fingerprint density at radius 1 is 1.44 bits per heavy atom. The zero-order chi connectivity index (χ0) is 13.3. The molecule has 0 atom stereocenters. The number of hydrogen-bond acceptors (Lipinski definition) is 4. The minimum atomic E-state index is -3.89. The van der Waals surface area contributed by atoms with Crippen LogP contribution in [0, 0.1) is 5.82 Å². The first-order chi connectivity index (χ1) is 8.40. The summed E-state index contributed by atoms with van der Waals surface area (Å²) in [5, 5.41) is 0. The zero-order valence-corrected chi connectivity index (χ0v) is 12.5. The van der Waals surface area contributed by atoms with Gasteiger partial charge in [0.2, 0.25) is 0 Å². The lowest BCUT2D eigenvalue weighted by molar-refractivity contribution is 0.600. The Bertz CT molecular complexity index is 669. The normalized spacial score (nSPS) is 11.5. The summed E-state index contributed by atoms with van der Waals surface area (Å²) in [5.74, 6) is -0.677. The van der Waals surface area contributed by atoms with Gasteiger partial charge in [-0.15, -0.1) is 0 Å². The van der Waals surface area contributed by atoms with E-state index >= 15 is 0 Å². The van der Waals surface area contributed by atoms with Gasteiger partial charge in [0, 0.05) is 4.47 Å². The number of hydrogen-bond donors (Lipinski definition) is 1. The highest BCUT2D eigenvalue weighted by molar-refractivity contribution is 9.10. The molecular formula is C9H5BrClFN2O2S2. The fourth-order valence-electron chi connectivity index (χ4n) is 1.14. The Kier molecular flexibility index (Phi) is 3.90. The summed E-state index contributed by atoms with van der Waals surface area (Å²) in [6, 6.07) is 4.14. The van der Waals surface area contributed by atoms with Gasteiger partial charge in [0.1, 0.15) is 5.82 Å². The molecule has 1 aromatic carbocycles. The molecule has 1 N–H and O–H groups in total. The third-order valence-electron chi connectivity index (χ3n) is 1.92. The predicted octanol–water partition coefficient (Wildman–Crippen LogP) is 3.50. The van der Waals surface area contributed by atoms with Crippen molar-refractivity contribution in [2.24, 2.45) is 0 Å². The van der Waals surface area contributed by atoms with Crippen molar-refractivity contribution in [3.63, 3.8) is 0 Å². The maximum Gasteiger partial charge on any atom is 0.273 e. The molecule has 4 nitrogen and oxygen atoms in total. The molecule has 0 aliphatic carbocycles. The van der Waals surface area contributed by atoms with Crippen LogP contribution in [0.4, 0.5) is 10.1 Å². The van der Waals surface area contributed by atoms with Gasteiger partial charge < -0.3 is 0 Å². The second kappa shape index (κ2) is 5.12. The number of nitrogens with one attached hydrogen (secondary N) is 1. The van der Waals surface area contributed by atoms with Gasteiger partial charge in [-0.3, -0.25) is 4.72 Å². The Labute approximate surface area is 120 Å². The summed E-state index contributed by atoms with van der Waals surface area (Å²) in [4.78, 5) is 3.63.